The predicted molar refractivity (Wildman–Crippen MR) is 103 cm³/mol. The van der Waals surface area contributed by atoms with Crippen LogP contribution in [-0.2, 0) is 16.8 Å². The second-order valence-electron chi connectivity index (χ2n) is 6.62. The van der Waals surface area contributed by atoms with Gasteiger partial charge < -0.3 is 9.88 Å². The molecule has 0 fully saturated rings. The number of H-pyrrole nitrogens is 1. The number of halogens is 2. The maximum absolute atomic E-state index is 13.4. The van der Waals surface area contributed by atoms with Gasteiger partial charge in [-0.3, -0.25) is 10.1 Å². The van der Waals surface area contributed by atoms with Gasteiger partial charge in [0, 0.05) is 45.2 Å². The van der Waals surface area contributed by atoms with Crippen LogP contribution >= 0.6 is 27.5 Å². The van der Waals surface area contributed by atoms with Crippen LogP contribution in [0.15, 0.2) is 40.9 Å². The van der Waals surface area contributed by atoms with Gasteiger partial charge in [-0.25, -0.2) is 0 Å². The summed E-state index contributed by atoms with van der Waals surface area (Å²) in [6.45, 7) is 0.734. The molecule has 25 heavy (non-hydrogen) atoms. The van der Waals surface area contributed by atoms with Crippen molar-refractivity contribution in [1.29, 1.82) is 0 Å². The topological polar surface area (TPSA) is 48.1 Å². The second-order valence-corrected chi connectivity index (χ2v) is 7.97. The molecule has 0 aliphatic carbocycles. The van der Waals surface area contributed by atoms with Gasteiger partial charge in [0.2, 0.25) is 0 Å². The molecule has 6 heteroatoms. The van der Waals surface area contributed by atoms with E-state index in [1.807, 2.05) is 43.4 Å². The summed E-state index contributed by atoms with van der Waals surface area (Å²) in [5.41, 5.74) is 4.16. The summed E-state index contributed by atoms with van der Waals surface area (Å²) in [6.07, 6.45) is 0.859. The minimum absolute atomic E-state index is 0.0409. The third kappa shape index (κ3) is 1.89. The minimum atomic E-state index is -0.868. The van der Waals surface area contributed by atoms with Crippen molar-refractivity contribution in [2.75, 3.05) is 18.5 Å². The molecule has 4 nitrogen and oxygen atoms in total. The van der Waals surface area contributed by atoms with Crippen LogP contribution in [0.25, 0.3) is 10.9 Å². The van der Waals surface area contributed by atoms with Gasteiger partial charge in [0.25, 0.3) is 5.91 Å². The Kier molecular flexibility index (Phi) is 3.15. The Bertz CT molecular complexity index is 1060. The van der Waals surface area contributed by atoms with E-state index < -0.39 is 5.54 Å². The van der Waals surface area contributed by atoms with Crippen LogP contribution < -0.4 is 10.2 Å². The number of nitrogens with zero attached hydrogens (tertiary/aromatic N) is 1. The van der Waals surface area contributed by atoms with Crippen molar-refractivity contribution in [2.45, 2.75) is 12.0 Å². The number of hydrogen-bond donors (Lipinski definition) is 2. The average Bonchev–Trinajstić information content (AvgIpc) is 3.06. The van der Waals surface area contributed by atoms with E-state index in [-0.39, 0.29) is 5.91 Å². The summed E-state index contributed by atoms with van der Waals surface area (Å²) in [4.78, 5) is 18.6. The summed E-state index contributed by atoms with van der Waals surface area (Å²) in [6, 6.07) is 11.8. The van der Waals surface area contributed by atoms with E-state index in [9.17, 15) is 4.79 Å². The summed E-state index contributed by atoms with van der Waals surface area (Å²) in [5, 5.41) is 5.32. The Morgan fingerprint density at radius 1 is 1.24 bits per heavy atom. The van der Waals surface area contributed by atoms with Gasteiger partial charge >= 0.3 is 0 Å². The molecule has 0 saturated heterocycles. The SMILES string of the molecule is CN1C(=O)[C@]2(NCCc3c2[nH]c2ccc(Cl)cc32)c2cc(Br)ccc21. The van der Waals surface area contributed by atoms with Gasteiger partial charge in [-0.2, -0.15) is 0 Å². The molecule has 3 aromatic rings. The molecule has 0 saturated carbocycles. The Labute approximate surface area is 158 Å². The number of carbonyl (C=O) groups is 1. The van der Waals surface area contributed by atoms with Crippen molar-refractivity contribution in [3.8, 4) is 0 Å². The Morgan fingerprint density at radius 2 is 2.08 bits per heavy atom. The lowest BCUT2D eigenvalue weighted by Crippen LogP contribution is -2.54. The number of aromatic nitrogens is 1. The van der Waals surface area contributed by atoms with Crippen molar-refractivity contribution in [2.24, 2.45) is 0 Å². The van der Waals surface area contributed by atoms with Crippen molar-refractivity contribution >= 4 is 50.0 Å². The summed E-state index contributed by atoms with van der Waals surface area (Å²) in [5.74, 6) is 0.0409. The first-order valence-electron chi connectivity index (χ1n) is 8.16. The molecule has 2 aromatic carbocycles. The molecule has 1 atom stereocenters. The molecule has 1 aromatic heterocycles. The van der Waals surface area contributed by atoms with E-state index >= 15 is 0 Å². The van der Waals surface area contributed by atoms with Gasteiger partial charge in [0.15, 0.2) is 5.54 Å². The summed E-state index contributed by atoms with van der Waals surface area (Å²) < 4.78 is 0.960. The van der Waals surface area contributed by atoms with E-state index in [1.54, 1.807) is 4.90 Å². The fourth-order valence-electron chi connectivity index (χ4n) is 4.25. The number of fused-ring (bicyclic) bond motifs is 6. The number of aromatic amines is 1. The Hall–Kier alpha value is -1.82. The molecule has 1 amide bonds. The highest BCUT2D eigenvalue weighted by molar-refractivity contribution is 9.10. The van der Waals surface area contributed by atoms with Crippen molar-refractivity contribution in [3.05, 3.63) is 62.7 Å². The highest BCUT2D eigenvalue weighted by Gasteiger charge is 2.54. The molecule has 126 valence electrons. The zero-order chi connectivity index (χ0) is 17.3. The standard InChI is InChI=1S/C19H15BrClN3O/c1-24-16-5-2-10(20)8-14(16)19(18(24)25)17-12(6-7-22-19)13-9-11(21)3-4-15(13)23-17/h2-5,8-9,22-23H,6-7H2,1H3/t19-/m0/s1. The fourth-order valence-corrected chi connectivity index (χ4v) is 4.79. The number of amides is 1. The lowest BCUT2D eigenvalue weighted by Gasteiger charge is -2.34. The molecule has 0 unspecified atom stereocenters. The predicted octanol–water partition coefficient (Wildman–Crippen LogP) is 3.95. The van der Waals surface area contributed by atoms with Crippen LogP contribution in [0.2, 0.25) is 5.02 Å². The second kappa shape index (κ2) is 5.10. The van der Waals surface area contributed by atoms with Gasteiger partial charge in [0.05, 0.1) is 5.69 Å². The zero-order valence-corrected chi connectivity index (χ0v) is 15.8. The number of hydrogen-bond acceptors (Lipinski definition) is 2. The van der Waals surface area contributed by atoms with Gasteiger partial charge in [-0.1, -0.05) is 27.5 Å². The van der Waals surface area contributed by atoms with Crippen LogP contribution in [0.3, 0.4) is 0 Å². The van der Waals surface area contributed by atoms with Crippen molar-refractivity contribution < 1.29 is 4.79 Å². The molecular weight excluding hydrogens is 402 g/mol. The average molecular weight is 417 g/mol. The lowest BCUT2D eigenvalue weighted by molar-refractivity contribution is -0.122. The molecule has 2 aliphatic heterocycles. The smallest absolute Gasteiger partial charge is 0.257 e. The van der Waals surface area contributed by atoms with Crippen LogP contribution in [0.1, 0.15) is 16.8 Å². The molecule has 5 rings (SSSR count). The largest absolute Gasteiger partial charge is 0.356 e. The number of nitrogens with one attached hydrogen (secondary N) is 2. The monoisotopic (exact) mass is 415 g/mol. The molecular formula is C19H15BrClN3O. The van der Waals surface area contributed by atoms with Crippen LogP contribution in [0.5, 0.6) is 0 Å². The first-order valence-corrected chi connectivity index (χ1v) is 9.33. The number of carbonyl (C=O) groups excluding carboxylic acids is 1. The van der Waals surface area contributed by atoms with Gasteiger partial charge in [-0.15, -0.1) is 0 Å². The summed E-state index contributed by atoms with van der Waals surface area (Å²) >= 11 is 9.77. The van der Waals surface area contributed by atoms with Crippen LogP contribution in [-0.4, -0.2) is 24.5 Å². The Balaban J connectivity index is 1.87. The molecule has 0 radical (unpaired) electrons. The van der Waals surface area contributed by atoms with Gasteiger partial charge in [0.1, 0.15) is 0 Å². The normalized spacial score (nSPS) is 21.9. The number of rotatable bonds is 0. The highest BCUT2D eigenvalue weighted by atomic mass is 79.9. The quantitative estimate of drug-likeness (QED) is 0.583. The van der Waals surface area contributed by atoms with E-state index in [0.29, 0.717) is 5.02 Å². The van der Waals surface area contributed by atoms with Gasteiger partial charge in [-0.05, 0) is 48.4 Å². The van der Waals surface area contributed by atoms with Crippen LogP contribution in [0.4, 0.5) is 5.69 Å². The van der Waals surface area contributed by atoms with E-state index in [2.05, 4.69) is 26.2 Å². The van der Waals surface area contributed by atoms with Crippen molar-refractivity contribution in [3.63, 3.8) is 0 Å². The first kappa shape index (κ1) is 15.4. The lowest BCUT2D eigenvalue weighted by atomic mass is 9.82. The molecule has 2 N–H and O–H groups in total. The van der Waals surface area contributed by atoms with E-state index in [0.717, 1.165) is 45.3 Å². The minimum Gasteiger partial charge on any atom is -0.356 e. The molecule has 2 aliphatic rings. The van der Waals surface area contributed by atoms with E-state index in [4.69, 9.17) is 11.6 Å². The number of anilines is 1. The molecule has 3 heterocycles. The first-order chi connectivity index (χ1) is 12.0. The fraction of sp³-hybridized carbons (Fsp3) is 0.211. The molecule has 0 bridgehead atoms. The zero-order valence-electron chi connectivity index (χ0n) is 13.5. The maximum atomic E-state index is 13.4. The maximum Gasteiger partial charge on any atom is 0.257 e. The van der Waals surface area contributed by atoms with Crippen LogP contribution in [0, 0.1) is 0 Å². The highest BCUT2D eigenvalue weighted by Crippen LogP contribution is 2.48. The number of benzene rings is 2. The third-order valence-electron chi connectivity index (χ3n) is 5.36. The summed E-state index contributed by atoms with van der Waals surface area (Å²) in [7, 11) is 1.83. The third-order valence-corrected chi connectivity index (χ3v) is 6.09. The van der Waals surface area contributed by atoms with E-state index in [1.165, 1.54) is 5.56 Å². The number of likely N-dealkylation sites (N-methyl/N-ethyl adjacent to an activating group) is 1. The Morgan fingerprint density at radius 3 is 2.92 bits per heavy atom. The molecule has 1 spiro atoms. The van der Waals surface area contributed by atoms with Crippen molar-refractivity contribution in [1.82, 2.24) is 10.3 Å².